The van der Waals surface area contributed by atoms with Crippen LogP contribution in [0.1, 0.15) is 25.4 Å². The number of halogens is 2. The van der Waals surface area contributed by atoms with Gasteiger partial charge in [-0.05, 0) is 42.7 Å². The molecule has 5 heteroatoms. The van der Waals surface area contributed by atoms with E-state index in [0.29, 0.717) is 16.8 Å². The van der Waals surface area contributed by atoms with Crippen LogP contribution in [0.25, 0.3) is 0 Å². The van der Waals surface area contributed by atoms with Gasteiger partial charge in [0.25, 0.3) is 0 Å². The second kappa shape index (κ2) is 7.30. The summed E-state index contributed by atoms with van der Waals surface area (Å²) >= 11 is 13.6. The monoisotopic (exact) mass is 326 g/mol. The van der Waals surface area contributed by atoms with Gasteiger partial charge < -0.3 is 0 Å². The standard InChI is InChI=1S/C15H16Cl2N2S/c1-10(2)7-12-8-14(17)19-15(18-12)9-20-13-5-3-11(16)4-6-13/h3-6,8,10H,7,9H2,1-2H3. The molecular formula is C15H16Cl2N2S. The highest BCUT2D eigenvalue weighted by Crippen LogP contribution is 2.24. The average Bonchev–Trinajstić information content (AvgIpc) is 2.36. The van der Waals surface area contributed by atoms with Crippen LogP contribution < -0.4 is 0 Å². The summed E-state index contributed by atoms with van der Waals surface area (Å²) in [5, 5.41) is 1.26. The lowest BCUT2D eigenvalue weighted by Crippen LogP contribution is -2.02. The van der Waals surface area contributed by atoms with Gasteiger partial charge in [-0.2, -0.15) is 0 Å². The molecule has 20 heavy (non-hydrogen) atoms. The van der Waals surface area contributed by atoms with Crippen molar-refractivity contribution in [3.63, 3.8) is 0 Å². The summed E-state index contributed by atoms with van der Waals surface area (Å²) in [5.74, 6) is 2.03. The van der Waals surface area contributed by atoms with Gasteiger partial charge in [0, 0.05) is 15.6 Å². The molecule has 0 aliphatic carbocycles. The highest BCUT2D eigenvalue weighted by atomic mass is 35.5. The smallest absolute Gasteiger partial charge is 0.140 e. The highest BCUT2D eigenvalue weighted by molar-refractivity contribution is 7.98. The van der Waals surface area contributed by atoms with Crippen LogP contribution in [0.3, 0.4) is 0 Å². The van der Waals surface area contributed by atoms with Crippen molar-refractivity contribution in [3.8, 4) is 0 Å². The molecule has 1 aromatic carbocycles. The first-order valence-corrected chi connectivity index (χ1v) is 8.18. The topological polar surface area (TPSA) is 25.8 Å². The number of hydrogen-bond acceptors (Lipinski definition) is 3. The van der Waals surface area contributed by atoms with Crippen LogP contribution in [0, 0.1) is 5.92 Å². The van der Waals surface area contributed by atoms with Crippen molar-refractivity contribution in [2.75, 3.05) is 0 Å². The normalized spacial score (nSPS) is 11.1. The molecule has 0 saturated carbocycles. The van der Waals surface area contributed by atoms with E-state index in [1.807, 2.05) is 30.3 Å². The molecule has 0 N–H and O–H groups in total. The van der Waals surface area contributed by atoms with Crippen LogP contribution in [-0.2, 0) is 12.2 Å². The number of thioether (sulfide) groups is 1. The Bertz CT molecular complexity index is 571. The lowest BCUT2D eigenvalue weighted by molar-refractivity contribution is 0.632. The van der Waals surface area contributed by atoms with Crippen molar-refractivity contribution in [1.82, 2.24) is 9.97 Å². The van der Waals surface area contributed by atoms with E-state index in [1.165, 1.54) is 0 Å². The largest absolute Gasteiger partial charge is 0.237 e. The van der Waals surface area contributed by atoms with Gasteiger partial charge in [-0.1, -0.05) is 37.0 Å². The molecule has 0 radical (unpaired) electrons. The molecule has 0 fully saturated rings. The predicted molar refractivity (Wildman–Crippen MR) is 86.6 cm³/mol. The molecular weight excluding hydrogens is 311 g/mol. The second-order valence-electron chi connectivity index (χ2n) is 4.94. The average molecular weight is 327 g/mol. The summed E-state index contributed by atoms with van der Waals surface area (Å²) in [7, 11) is 0. The Morgan fingerprint density at radius 3 is 2.45 bits per heavy atom. The predicted octanol–water partition coefficient (Wildman–Crippen LogP) is 5.27. The Morgan fingerprint density at radius 1 is 1.10 bits per heavy atom. The lowest BCUT2D eigenvalue weighted by atomic mass is 10.1. The van der Waals surface area contributed by atoms with Crippen LogP contribution in [0.15, 0.2) is 35.2 Å². The maximum atomic E-state index is 6.06. The zero-order chi connectivity index (χ0) is 14.5. The second-order valence-corrected chi connectivity index (χ2v) is 6.81. The Kier molecular flexibility index (Phi) is 5.70. The fourth-order valence-electron chi connectivity index (χ4n) is 1.78. The fourth-order valence-corrected chi connectivity index (χ4v) is 2.89. The third-order valence-electron chi connectivity index (χ3n) is 2.59. The first-order chi connectivity index (χ1) is 9.52. The Hall–Kier alpha value is -0.770. The Balaban J connectivity index is 2.05. The van der Waals surface area contributed by atoms with Gasteiger partial charge >= 0.3 is 0 Å². The number of benzene rings is 1. The minimum absolute atomic E-state index is 0.516. The maximum absolute atomic E-state index is 6.06. The number of aromatic nitrogens is 2. The molecule has 2 rings (SSSR count). The number of hydrogen-bond donors (Lipinski definition) is 0. The van der Waals surface area contributed by atoms with Gasteiger partial charge in [-0.15, -0.1) is 11.8 Å². The van der Waals surface area contributed by atoms with Gasteiger partial charge in [0.15, 0.2) is 0 Å². The van der Waals surface area contributed by atoms with Gasteiger partial charge in [-0.25, -0.2) is 9.97 Å². The zero-order valence-corrected chi connectivity index (χ0v) is 13.8. The van der Waals surface area contributed by atoms with E-state index in [0.717, 1.165) is 27.9 Å². The fraction of sp³-hybridized carbons (Fsp3) is 0.333. The van der Waals surface area contributed by atoms with Crippen molar-refractivity contribution >= 4 is 35.0 Å². The molecule has 0 amide bonds. The van der Waals surface area contributed by atoms with Gasteiger partial charge in [0.2, 0.25) is 0 Å². The van der Waals surface area contributed by atoms with Crippen molar-refractivity contribution < 1.29 is 0 Å². The minimum Gasteiger partial charge on any atom is -0.237 e. The molecule has 2 aromatic rings. The van der Waals surface area contributed by atoms with Crippen LogP contribution in [0.4, 0.5) is 0 Å². The summed E-state index contributed by atoms with van der Waals surface area (Å²) in [6.45, 7) is 4.33. The Morgan fingerprint density at radius 2 is 1.80 bits per heavy atom. The molecule has 0 atom stereocenters. The molecule has 0 bridgehead atoms. The molecule has 1 heterocycles. The van der Waals surface area contributed by atoms with Crippen molar-refractivity contribution in [1.29, 1.82) is 0 Å². The SMILES string of the molecule is CC(C)Cc1cc(Cl)nc(CSc2ccc(Cl)cc2)n1. The molecule has 0 unspecified atom stereocenters. The van der Waals surface area contributed by atoms with E-state index in [9.17, 15) is 0 Å². The molecule has 1 aromatic heterocycles. The van der Waals surface area contributed by atoms with Gasteiger partial charge in [0.1, 0.15) is 11.0 Å². The lowest BCUT2D eigenvalue weighted by Gasteiger charge is -2.07. The first-order valence-electron chi connectivity index (χ1n) is 6.43. The van der Waals surface area contributed by atoms with Crippen molar-refractivity contribution in [2.45, 2.75) is 30.9 Å². The van der Waals surface area contributed by atoms with Crippen LogP contribution >= 0.6 is 35.0 Å². The number of nitrogens with zero attached hydrogens (tertiary/aromatic N) is 2. The molecule has 0 aliphatic rings. The zero-order valence-electron chi connectivity index (χ0n) is 11.4. The van der Waals surface area contributed by atoms with E-state index < -0.39 is 0 Å². The maximum Gasteiger partial charge on any atom is 0.140 e. The summed E-state index contributed by atoms with van der Waals surface area (Å²) in [6.07, 6.45) is 0.918. The molecule has 0 saturated heterocycles. The third kappa shape index (κ3) is 4.97. The first kappa shape index (κ1) is 15.6. The van der Waals surface area contributed by atoms with E-state index in [-0.39, 0.29) is 0 Å². The summed E-state index contributed by atoms with van der Waals surface area (Å²) < 4.78 is 0. The molecule has 0 spiro atoms. The van der Waals surface area contributed by atoms with Gasteiger partial charge in [0.05, 0.1) is 5.75 Å². The minimum atomic E-state index is 0.516. The van der Waals surface area contributed by atoms with E-state index in [4.69, 9.17) is 23.2 Å². The van der Waals surface area contributed by atoms with Gasteiger partial charge in [-0.3, -0.25) is 0 Å². The Labute approximate surface area is 133 Å². The molecule has 0 aliphatic heterocycles. The van der Waals surface area contributed by atoms with Crippen molar-refractivity contribution in [3.05, 3.63) is 52.0 Å². The van der Waals surface area contributed by atoms with Crippen molar-refractivity contribution in [2.24, 2.45) is 5.92 Å². The highest BCUT2D eigenvalue weighted by Gasteiger charge is 2.06. The summed E-state index contributed by atoms with van der Waals surface area (Å²) in [4.78, 5) is 9.99. The van der Waals surface area contributed by atoms with E-state index in [2.05, 4.69) is 23.8 Å². The molecule has 2 nitrogen and oxygen atoms in total. The quantitative estimate of drug-likeness (QED) is 0.552. The third-order valence-corrected chi connectivity index (χ3v) is 4.05. The van der Waals surface area contributed by atoms with E-state index >= 15 is 0 Å². The number of rotatable bonds is 5. The van der Waals surface area contributed by atoms with Crippen LogP contribution in [-0.4, -0.2) is 9.97 Å². The van der Waals surface area contributed by atoms with Crippen LogP contribution in [0.2, 0.25) is 10.2 Å². The van der Waals surface area contributed by atoms with Crippen LogP contribution in [0.5, 0.6) is 0 Å². The van der Waals surface area contributed by atoms with E-state index in [1.54, 1.807) is 11.8 Å². The summed E-state index contributed by atoms with van der Waals surface area (Å²) in [6, 6.07) is 9.59. The molecule has 106 valence electrons. The summed E-state index contributed by atoms with van der Waals surface area (Å²) in [5.41, 5.74) is 1.01.